The van der Waals surface area contributed by atoms with Crippen LogP contribution < -0.4 is 0 Å². The van der Waals surface area contributed by atoms with Gasteiger partial charge in [-0.15, -0.1) is 0 Å². The van der Waals surface area contributed by atoms with Gasteiger partial charge in [-0.1, -0.05) is 69.9 Å². The van der Waals surface area contributed by atoms with E-state index >= 15 is 0 Å². The highest BCUT2D eigenvalue weighted by Gasteiger charge is 2.22. The molecule has 0 aromatic rings. The molecule has 0 radical (unpaired) electrons. The Hall–Kier alpha value is -1.21. The van der Waals surface area contributed by atoms with Crippen LogP contribution in [0.1, 0.15) is 116 Å². The minimum absolute atomic E-state index is 0.194. The molecule has 0 bridgehead atoms. The van der Waals surface area contributed by atoms with Crippen molar-refractivity contribution < 1.29 is 37.9 Å². The Morgan fingerprint density at radius 2 is 1.17 bits per heavy atom. The van der Waals surface area contributed by atoms with E-state index in [2.05, 4.69) is 30.5 Å². The average molecular weight is 533 g/mol. The van der Waals surface area contributed by atoms with Gasteiger partial charge in [0.25, 0.3) is 0 Å². The SMILES string of the molecule is [CH2-]CCCC/C=C\CCCCCCCC(=O)O[C@H](COC(=O)CCCCCCC[CH2-])COP(=O)(O)O. The summed E-state index contributed by atoms with van der Waals surface area (Å²) in [7, 11) is -4.73. The fourth-order valence-corrected chi connectivity index (χ4v) is 3.87. The van der Waals surface area contributed by atoms with Crippen molar-refractivity contribution in [3.8, 4) is 0 Å². The Labute approximate surface area is 218 Å². The first kappa shape index (κ1) is 34.8. The zero-order valence-corrected chi connectivity index (χ0v) is 23.0. The number of esters is 2. The summed E-state index contributed by atoms with van der Waals surface area (Å²) in [4.78, 5) is 42.0. The Kier molecular flexibility index (Phi) is 23.3. The summed E-state index contributed by atoms with van der Waals surface area (Å²) < 4.78 is 25.9. The van der Waals surface area contributed by atoms with Crippen molar-refractivity contribution in [2.45, 2.75) is 122 Å². The van der Waals surface area contributed by atoms with Gasteiger partial charge in [-0.3, -0.25) is 14.1 Å². The fourth-order valence-electron chi connectivity index (χ4n) is 3.51. The van der Waals surface area contributed by atoms with E-state index in [-0.39, 0.29) is 19.4 Å². The molecule has 0 aromatic heterocycles. The molecule has 0 spiro atoms. The summed E-state index contributed by atoms with van der Waals surface area (Å²) in [6.45, 7) is 6.79. The molecule has 212 valence electrons. The maximum absolute atomic E-state index is 12.2. The van der Waals surface area contributed by atoms with Crippen molar-refractivity contribution in [3.63, 3.8) is 0 Å². The Bertz CT molecular complexity index is 617. The molecule has 8 nitrogen and oxygen atoms in total. The number of ether oxygens (including phenoxy) is 2. The van der Waals surface area contributed by atoms with Crippen LogP contribution >= 0.6 is 7.82 Å². The molecule has 0 aromatic carbocycles. The summed E-state index contributed by atoms with van der Waals surface area (Å²) in [6.07, 6.45) is 20.0. The van der Waals surface area contributed by atoms with Crippen molar-refractivity contribution in [3.05, 3.63) is 26.0 Å². The van der Waals surface area contributed by atoms with Crippen LogP contribution in [0.15, 0.2) is 12.2 Å². The lowest BCUT2D eigenvalue weighted by Crippen LogP contribution is -2.29. The van der Waals surface area contributed by atoms with Gasteiger partial charge >= 0.3 is 19.8 Å². The Balaban J connectivity index is 4.09. The first-order valence-electron chi connectivity index (χ1n) is 13.6. The summed E-state index contributed by atoms with van der Waals surface area (Å²) in [5.74, 6) is -0.932. The molecule has 0 aliphatic carbocycles. The predicted octanol–water partition coefficient (Wildman–Crippen LogP) is 6.80. The molecular weight excluding hydrogens is 483 g/mol. The van der Waals surface area contributed by atoms with E-state index in [1.165, 1.54) is 12.8 Å². The van der Waals surface area contributed by atoms with Gasteiger partial charge < -0.3 is 33.1 Å². The number of phosphoric acid groups is 1. The second-order valence-corrected chi connectivity index (χ2v) is 10.3. The second kappa shape index (κ2) is 24.1. The monoisotopic (exact) mass is 532 g/mol. The van der Waals surface area contributed by atoms with Crippen LogP contribution in [-0.4, -0.2) is 41.0 Å². The normalized spacial score (nSPS) is 12.7. The van der Waals surface area contributed by atoms with E-state index in [0.29, 0.717) is 12.8 Å². The largest absolute Gasteiger partial charge is 0.469 e. The molecule has 2 N–H and O–H groups in total. The van der Waals surface area contributed by atoms with Crippen LogP contribution in [-0.2, 0) is 28.2 Å². The predicted molar refractivity (Wildman–Crippen MR) is 142 cm³/mol. The van der Waals surface area contributed by atoms with Gasteiger partial charge in [-0.25, -0.2) is 4.57 Å². The molecule has 0 unspecified atom stereocenters. The molecule has 0 aliphatic heterocycles. The van der Waals surface area contributed by atoms with E-state index in [9.17, 15) is 14.2 Å². The number of phosphoric ester groups is 1. The maximum atomic E-state index is 12.2. The molecule has 0 saturated heterocycles. The molecule has 36 heavy (non-hydrogen) atoms. The topological polar surface area (TPSA) is 119 Å². The highest BCUT2D eigenvalue weighted by Crippen LogP contribution is 2.35. The average Bonchev–Trinajstić information content (AvgIpc) is 2.83. The second-order valence-electron chi connectivity index (χ2n) is 9.08. The third-order valence-electron chi connectivity index (χ3n) is 5.58. The van der Waals surface area contributed by atoms with E-state index in [0.717, 1.165) is 77.0 Å². The molecule has 0 heterocycles. The number of hydrogen-bond acceptors (Lipinski definition) is 6. The Morgan fingerprint density at radius 3 is 1.75 bits per heavy atom. The lowest BCUT2D eigenvalue weighted by atomic mass is 10.1. The summed E-state index contributed by atoms with van der Waals surface area (Å²) in [5.41, 5.74) is 0. The molecule has 0 saturated carbocycles. The standard InChI is InChI=1S/C27H49O8P/c1-3-5-7-9-11-12-13-14-15-16-18-20-22-27(29)35-25(24-34-36(30,31)32)23-33-26(28)21-19-17-10-8-6-4-2/h11-12,25H,1-10,13-24H2,(H2,30,31,32)/q-2/b12-11-/t25-/m1/s1. The number of carbonyl (C=O) groups is 2. The zero-order chi connectivity index (χ0) is 26.9. The maximum Gasteiger partial charge on any atom is 0.469 e. The lowest BCUT2D eigenvalue weighted by Gasteiger charge is -2.18. The van der Waals surface area contributed by atoms with Crippen LogP contribution in [0, 0.1) is 13.8 Å². The van der Waals surface area contributed by atoms with Crippen LogP contribution in [0.25, 0.3) is 0 Å². The number of hydrogen-bond donors (Lipinski definition) is 2. The highest BCUT2D eigenvalue weighted by atomic mass is 31.2. The minimum Gasteiger partial charge on any atom is -0.462 e. The number of carbonyl (C=O) groups excluding carboxylic acids is 2. The number of unbranched alkanes of at least 4 members (excludes halogenated alkanes) is 13. The van der Waals surface area contributed by atoms with Crippen molar-refractivity contribution in [1.29, 1.82) is 0 Å². The van der Waals surface area contributed by atoms with Crippen molar-refractivity contribution in [1.82, 2.24) is 0 Å². The van der Waals surface area contributed by atoms with Crippen LogP contribution in [0.2, 0.25) is 0 Å². The van der Waals surface area contributed by atoms with E-state index in [1.807, 2.05) is 0 Å². The molecule has 0 aliphatic rings. The van der Waals surface area contributed by atoms with E-state index in [4.69, 9.17) is 19.3 Å². The number of allylic oxidation sites excluding steroid dienone is 2. The summed E-state index contributed by atoms with van der Waals surface area (Å²) in [6, 6.07) is 0. The molecule has 1 atom stereocenters. The van der Waals surface area contributed by atoms with Crippen LogP contribution in [0.3, 0.4) is 0 Å². The van der Waals surface area contributed by atoms with Gasteiger partial charge in [0.05, 0.1) is 6.61 Å². The summed E-state index contributed by atoms with van der Waals surface area (Å²) in [5, 5.41) is 0. The highest BCUT2D eigenvalue weighted by molar-refractivity contribution is 7.46. The van der Waals surface area contributed by atoms with Crippen molar-refractivity contribution in [2.75, 3.05) is 13.2 Å². The zero-order valence-electron chi connectivity index (χ0n) is 22.1. The van der Waals surface area contributed by atoms with Crippen LogP contribution in [0.4, 0.5) is 0 Å². The van der Waals surface area contributed by atoms with Gasteiger partial charge in [-0.05, 0) is 32.1 Å². The fraction of sp³-hybridized carbons (Fsp3) is 0.778. The summed E-state index contributed by atoms with van der Waals surface area (Å²) >= 11 is 0. The molecule has 0 amide bonds. The number of rotatable bonds is 25. The first-order valence-corrected chi connectivity index (χ1v) is 15.1. The van der Waals surface area contributed by atoms with E-state index in [1.54, 1.807) is 0 Å². The van der Waals surface area contributed by atoms with Crippen LogP contribution in [0.5, 0.6) is 0 Å². The first-order chi connectivity index (χ1) is 17.3. The van der Waals surface area contributed by atoms with Crippen molar-refractivity contribution in [2.24, 2.45) is 0 Å². The van der Waals surface area contributed by atoms with Crippen molar-refractivity contribution >= 4 is 19.8 Å². The Morgan fingerprint density at radius 1 is 0.694 bits per heavy atom. The third kappa shape index (κ3) is 25.9. The quantitative estimate of drug-likeness (QED) is 0.0433. The molecular formula is C27H49O8P-2. The third-order valence-corrected chi connectivity index (χ3v) is 6.06. The van der Waals surface area contributed by atoms with Gasteiger partial charge in [0.1, 0.15) is 6.61 Å². The molecule has 9 heteroatoms. The van der Waals surface area contributed by atoms with Gasteiger partial charge in [0.15, 0.2) is 6.10 Å². The van der Waals surface area contributed by atoms with E-state index < -0.39 is 32.5 Å². The van der Waals surface area contributed by atoms with Gasteiger partial charge in [0, 0.05) is 12.8 Å². The van der Waals surface area contributed by atoms with Gasteiger partial charge in [0.2, 0.25) is 0 Å². The molecule has 0 fully saturated rings. The molecule has 0 rings (SSSR count). The smallest absolute Gasteiger partial charge is 0.462 e. The van der Waals surface area contributed by atoms with Gasteiger partial charge in [-0.2, -0.15) is 12.8 Å². The minimum atomic E-state index is -4.73. The lowest BCUT2D eigenvalue weighted by molar-refractivity contribution is -0.161.